The molecule has 1 aromatic heterocycles. The number of hydroxylamine groups is 1. The van der Waals surface area contributed by atoms with Gasteiger partial charge < -0.3 is 9.94 Å². The van der Waals surface area contributed by atoms with Crippen molar-refractivity contribution in [2.45, 2.75) is 24.3 Å². The van der Waals surface area contributed by atoms with Crippen LogP contribution in [0.3, 0.4) is 0 Å². The van der Waals surface area contributed by atoms with E-state index in [1.54, 1.807) is 6.92 Å². The number of hydrogen-bond donors (Lipinski definition) is 2. The molecule has 134 valence electrons. The number of sulfone groups is 1. The summed E-state index contributed by atoms with van der Waals surface area (Å²) in [4.78, 5) is 30.2. The van der Waals surface area contributed by atoms with Gasteiger partial charge in [0, 0.05) is 25.1 Å². The van der Waals surface area contributed by atoms with Crippen molar-refractivity contribution in [2.75, 3.05) is 12.9 Å². The number of nitrogens with one attached hydrogen (secondary N) is 2. The summed E-state index contributed by atoms with van der Waals surface area (Å²) in [5, 5.41) is 2.67. The average molecular weight is 365 g/mol. The molecule has 1 fully saturated rings. The number of benzene rings is 1. The SMILES string of the molecule is Cc1c(C(=O)c2c[nH]n(C)c2=O)ccc(S(C)(=O)=O)c1C1CCON1. The highest BCUT2D eigenvalue weighted by molar-refractivity contribution is 7.90. The third-order valence-electron chi connectivity index (χ3n) is 4.38. The van der Waals surface area contributed by atoms with Gasteiger partial charge in [0.2, 0.25) is 0 Å². The summed E-state index contributed by atoms with van der Waals surface area (Å²) in [7, 11) is -1.97. The Hall–Kier alpha value is -2.23. The van der Waals surface area contributed by atoms with E-state index in [2.05, 4.69) is 10.6 Å². The van der Waals surface area contributed by atoms with E-state index in [1.165, 1.54) is 30.1 Å². The second kappa shape index (κ2) is 6.25. The fourth-order valence-corrected chi connectivity index (χ4v) is 4.08. The monoisotopic (exact) mass is 365 g/mol. The minimum Gasteiger partial charge on any atom is -0.302 e. The van der Waals surface area contributed by atoms with Gasteiger partial charge in [-0.05, 0) is 36.6 Å². The largest absolute Gasteiger partial charge is 0.302 e. The Kier molecular flexibility index (Phi) is 4.40. The molecular weight excluding hydrogens is 346 g/mol. The van der Waals surface area contributed by atoms with Crippen molar-refractivity contribution in [3.05, 3.63) is 50.9 Å². The minimum atomic E-state index is -3.48. The maximum atomic E-state index is 12.8. The van der Waals surface area contributed by atoms with Crippen LogP contribution in [-0.2, 0) is 21.7 Å². The Morgan fingerprint density at radius 3 is 2.56 bits per heavy atom. The molecule has 1 aromatic carbocycles. The molecule has 2 N–H and O–H groups in total. The Bertz CT molecular complexity index is 997. The smallest absolute Gasteiger partial charge is 0.277 e. The number of ketones is 1. The van der Waals surface area contributed by atoms with Crippen molar-refractivity contribution in [3.8, 4) is 0 Å². The van der Waals surface area contributed by atoms with Crippen LogP contribution in [0.4, 0.5) is 0 Å². The highest BCUT2D eigenvalue weighted by atomic mass is 32.2. The molecule has 0 amide bonds. The standard InChI is InChI=1S/C16H19N3O5S/c1-9-10(15(20)11-8-17-19(2)16(11)21)4-5-13(25(3,22)23)14(9)12-6-7-24-18-12/h4-5,8,12,17-18H,6-7H2,1-3H3. The fraction of sp³-hybridized carbons (Fsp3) is 0.375. The first-order valence-electron chi connectivity index (χ1n) is 7.71. The van der Waals surface area contributed by atoms with E-state index in [0.29, 0.717) is 29.7 Å². The topological polar surface area (TPSA) is 110 Å². The third kappa shape index (κ3) is 3.06. The van der Waals surface area contributed by atoms with Gasteiger partial charge in [0.15, 0.2) is 15.6 Å². The van der Waals surface area contributed by atoms with Crippen molar-refractivity contribution < 1.29 is 18.0 Å². The maximum absolute atomic E-state index is 12.8. The van der Waals surface area contributed by atoms with Crippen LogP contribution in [0.15, 0.2) is 28.0 Å². The molecule has 0 radical (unpaired) electrons. The zero-order valence-corrected chi connectivity index (χ0v) is 14.9. The lowest BCUT2D eigenvalue weighted by Gasteiger charge is -2.19. The van der Waals surface area contributed by atoms with Gasteiger partial charge in [0.1, 0.15) is 5.56 Å². The Labute approximate surface area is 144 Å². The highest BCUT2D eigenvalue weighted by Gasteiger charge is 2.29. The molecule has 2 heterocycles. The first-order valence-corrected chi connectivity index (χ1v) is 9.61. The predicted octanol–water partition coefficient (Wildman–Crippen LogP) is 0.622. The number of rotatable bonds is 4. The van der Waals surface area contributed by atoms with E-state index in [0.717, 1.165) is 6.26 Å². The molecular formula is C16H19N3O5S. The molecule has 0 bridgehead atoms. The van der Waals surface area contributed by atoms with Crippen LogP contribution in [0, 0.1) is 6.92 Å². The lowest BCUT2D eigenvalue weighted by Crippen LogP contribution is -2.22. The molecule has 9 heteroatoms. The van der Waals surface area contributed by atoms with Crippen molar-refractivity contribution >= 4 is 15.6 Å². The number of aryl methyl sites for hydroxylation is 1. The first kappa shape index (κ1) is 17.6. The van der Waals surface area contributed by atoms with Gasteiger partial charge >= 0.3 is 0 Å². The molecule has 0 saturated carbocycles. The summed E-state index contributed by atoms with van der Waals surface area (Å²) in [6.07, 6.45) is 3.07. The van der Waals surface area contributed by atoms with Crippen LogP contribution in [0.25, 0.3) is 0 Å². The zero-order chi connectivity index (χ0) is 18.4. The Balaban J connectivity index is 2.19. The molecule has 8 nitrogen and oxygen atoms in total. The Morgan fingerprint density at radius 1 is 1.32 bits per heavy atom. The van der Waals surface area contributed by atoms with E-state index in [1.807, 2.05) is 0 Å². The van der Waals surface area contributed by atoms with Gasteiger partial charge in [-0.1, -0.05) is 0 Å². The summed E-state index contributed by atoms with van der Waals surface area (Å²) in [5.74, 6) is -0.445. The quantitative estimate of drug-likeness (QED) is 0.769. The summed E-state index contributed by atoms with van der Waals surface area (Å²) >= 11 is 0. The molecule has 0 aliphatic carbocycles. The van der Waals surface area contributed by atoms with Crippen molar-refractivity contribution in [1.29, 1.82) is 0 Å². The molecule has 1 saturated heterocycles. The molecule has 1 aliphatic rings. The molecule has 25 heavy (non-hydrogen) atoms. The Morgan fingerprint density at radius 2 is 2.04 bits per heavy atom. The second-order valence-electron chi connectivity index (χ2n) is 6.11. The lowest BCUT2D eigenvalue weighted by molar-refractivity contribution is 0.0877. The molecule has 1 aliphatic heterocycles. The van der Waals surface area contributed by atoms with Gasteiger partial charge in [0.05, 0.1) is 17.5 Å². The second-order valence-corrected chi connectivity index (χ2v) is 8.09. The minimum absolute atomic E-state index is 0.0132. The zero-order valence-electron chi connectivity index (χ0n) is 14.1. The number of H-pyrrole nitrogens is 1. The normalized spacial score (nSPS) is 17.8. The summed E-state index contributed by atoms with van der Waals surface area (Å²) in [6, 6.07) is 2.55. The number of nitrogens with zero attached hydrogens (tertiary/aromatic N) is 1. The van der Waals surface area contributed by atoms with Crippen LogP contribution < -0.4 is 11.0 Å². The summed E-state index contributed by atoms with van der Waals surface area (Å²) in [6.45, 7) is 2.14. The van der Waals surface area contributed by atoms with E-state index in [4.69, 9.17) is 4.84 Å². The number of carbonyl (C=O) groups excluding carboxylic acids is 1. The summed E-state index contributed by atoms with van der Waals surface area (Å²) in [5.41, 5.74) is 3.72. The number of aromatic nitrogens is 2. The van der Waals surface area contributed by atoms with E-state index < -0.39 is 21.2 Å². The van der Waals surface area contributed by atoms with Gasteiger partial charge in [-0.2, -0.15) is 5.48 Å². The van der Waals surface area contributed by atoms with Crippen molar-refractivity contribution in [3.63, 3.8) is 0 Å². The van der Waals surface area contributed by atoms with Gasteiger partial charge in [0.25, 0.3) is 5.56 Å². The third-order valence-corrected chi connectivity index (χ3v) is 5.54. The van der Waals surface area contributed by atoms with Crippen LogP contribution >= 0.6 is 0 Å². The molecule has 0 spiro atoms. The highest BCUT2D eigenvalue weighted by Crippen LogP contribution is 2.33. The fourth-order valence-electron chi connectivity index (χ4n) is 3.07. The molecule has 2 aromatic rings. The molecule has 1 atom stereocenters. The number of hydrogen-bond acceptors (Lipinski definition) is 6. The van der Waals surface area contributed by atoms with Crippen LogP contribution in [0.2, 0.25) is 0 Å². The number of aromatic amines is 1. The molecule has 1 unspecified atom stereocenters. The van der Waals surface area contributed by atoms with Crippen LogP contribution in [0.5, 0.6) is 0 Å². The van der Waals surface area contributed by atoms with E-state index in [-0.39, 0.29) is 16.5 Å². The van der Waals surface area contributed by atoms with Crippen molar-refractivity contribution in [1.82, 2.24) is 15.3 Å². The van der Waals surface area contributed by atoms with E-state index >= 15 is 0 Å². The maximum Gasteiger partial charge on any atom is 0.277 e. The molecule has 3 rings (SSSR count). The summed E-state index contributed by atoms with van der Waals surface area (Å²) < 4.78 is 25.5. The van der Waals surface area contributed by atoms with Gasteiger partial charge in [-0.25, -0.2) is 8.42 Å². The first-order chi connectivity index (χ1) is 11.7. The predicted molar refractivity (Wildman–Crippen MR) is 90.2 cm³/mol. The van der Waals surface area contributed by atoms with Gasteiger partial charge in [-0.3, -0.25) is 14.3 Å². The van der Waals surface area contributed by atoms with Crippen molar-refractivity contribution in [2.24, 2.45) is 7.05 Å². The average Bonchev–Trinajstić information content (AvgIpc) is 3.17. The lowest BCUT2D eigenvalue weighted by atomic mass is 9.92. The van der Waals surface area contributed by atoms with Crippen LogP contribution in [0.1, 0.15) is 39.5 Å². The van der Waals surface area contributed by atoms with E-state index in [9.17, 15) is 18.0 Å². The number of carbonyl (C=O) groups is 1. The van der Waals surface area contributed by atoms with Crippen LogP contribution in [-0.4, -0.2) is 36.8 Å². The van der Waals surface area contributed by atoms with Gasteiger partial charge in [-0.15, -0.1) is 0 Å².